The van der Waals surface area contributed by atoms with Crippen LogP contribution in [0.5, 0.6) is 0 Å². The van der Waals surface area contributed by atoms with Gasteiger partial charge in [-0.15, -0.1) is 0 Å². The zero-order valence-corrected chi connectivity index (χ0v) is 13.9. The minimum absolute atomic E-state index is 0.0183. The van der Waals surface area contributed by atoms with E-state index in [1.54, 1.807) is 6.20 Å². The second kappa shape index (κ2) is 5.74. The number of carbonyl (C=O) groups excluding carboxylic acids is 1. The highest BCUT2D eigenvalue weighted by Gasteiger charge is 2.30. The van der Waals surface area contributed by atoms with Crippen molar-refractivity contribution in [1.29, 1.82) is 0 Å². The summed E-state index contributed by atoms with van der Waals surface area (Å²) in [5.74, 6) is 1.03. The number of aryl methyl sites for hydroxylation is 2. The number of imidazole rings is 1. The Kier molecular flexibility index (Phi) is 3.56. The Bertz CT molecular complexity index is 890. The first kappa shape index (κ1) is 14.9. The van der Waals surface area contributed by atoms with Crippen molar-refractivity contribution in [1.82, 2.24) is 19.4 Å². The molecular formula is C19H20N4O. The van der Waals surface area contributed by atoms with E-state index in [1.165, 1.54) is 0 Å². The zero-order chi connectivity index (χ0) is 16.7. The summed E-state index contributed by atoms with van der Waals surface area (Å²) in [4.78, 5) is 23.6. The van der Waals surface area contributed by atoms with Crippen LogP contribution in [-0.4, -0.2) is 38.4 Å². The van der Waals surface area contributed by atoms with E-state index < -0.39 is 0 Å². The molecule has 0 aliphatic carbocycles. The zero-order valence-electron chi connectivity index (χ0n) is 13.9. The van der Waals surface area contributed by atoms with Crippen molar-refractivity contribution in [3.8, 4) is 0 Å². The third kappa shape index (κ3) is 2.37. The second-order valence-electron chi connectivity index (χ2n) is 6.39. The minimum Gasteiger partial charge on any atom is -0.335 e. The van der Waals surface area contributed by atoms with Crippen LogP contribution in [0.1, 0.15) is 34.5 Å². The van der Waals surface area contributed by atoms with E-state index in [-0.39, 0.29) is 5.91 Å². The second-order valence-corrected chi connectivity index (χ2v) is 6.39. The van der Waals surface area contributed by atoms with Gasteiger partial charge < -0.3 is 9.47 Å². The molecule has 1 aliphatic rings. The summed E-state index contributed by atoms with van der Waals surface area (Å²) in [5, 5.41) is 1.97. The number of pyridine rings is 1. The van der Waals surface area contributed by atoms with E-state index in [0.29, 0.717) is 18.3 Å². The average Bonchev–Trinajstić information content (AvgIpc) is 3.20. The summed E-state index contributed by atoms with van der Waals surface area (Å²) >= 11 is 0. The number of nitrogens with zero attached hydrogens (tertiary/aromatic N) is 4. The van der Waals surface area contributed by atoms with Crippen LogP contribution in [-0.2, 0) is 0 Å². The molecule has 24 heavy (non-hydrogen) atoms. The molecule has 1 aliphatic heterocycles. The first-order valence-corrected chi connectivity index (χ1v) is 8.28. The molecular weight excluding hydrogens is 300 g/mol. The Labute approximate surface area is 140 Å². The number of aromatic nitrogens is 3. The normalized spacial score (nSPS) is 17.6. The summed E-state index contributed by atoms with van der Waals surface area (Å²) in [6, 6.07) is 10.1. The van der Waals surface area contributed by atoms with E-state index in [9.17, 15) is 4.79 Å². The van der Waals surface area contributed by atoms with Gasteiger partial charge in [-0.3, -0.25) is 9.78 Å². The maximum absolute atomic E-state index is 13.0. The van der Waals surface area contributed by atoms with Gasteiger partial charge in [0, 0.05) is 36.6 Å². The fourth-order valence-corrected chi connectivity index (χ4v) is 3.70. The van der Waals surface area contributed by atoms with E-state index in [2.05, 4.69) is 21.5 Å². The van der Waals surface area contributed by atoms with Gasteiger partial charge >= 0.3 is 0 Å². The summed E-state index contributed by atoms with van der Waals surface area (Å²) in [6.45, 7) is 5.55. The van der Waals surface area contributed by atoms with Gasteiger partial charge in [0.1, 0.15) is 11.5 Å². The van der Waals surface area contributed by atoms with E-state index in [4.69, 9.17) is 0 Å². The molecule has 1 aromatic carbocycles. The Morgan fingerprint density at radius 1 is 1.17 bits per heavy atom. The maximum atomic E-state index is 13.0. The first-order chi connectivity index (χ1) is 11.6. The van der Waals surface area contributed by atoms with Crippen LogP contribution >= 0.6 is 0 Å². The third-order valence-electron chi connectivity index (χ3n) is 4.86. The number of rotatable bonds is 2. The Morgan fingerprint density at radius 2 is 2.00 bits per heavy atom. The van der Waals surface area contributed by atoms with Crippen LogP contribution in [0.3, 0.4) is 0 Å². The highest BCUT2D eigenvalue weighted by atomic mass is 16.2. The molecule has 0 radical (unpaired) electrons. The largest absolute Gasteiger partial charge is 0.335 e. The smallest absolute Gasteiger partial charge is 0.273 e. The summed E-state index contributed by atoms with van der Waals surface area (Å²) in [7, 11) is 0. The average molecular weight is 320 g/mol. The molecule has 2 aromatic heterocycles. The molecule has 0 bridgehead atoms. The van der Waals surface area contributed by atoms with Gasteiger partial charge in [0.05, 0.1) is 6.04 Å². The number of hydrogen-bond donors (Lipinski definition) is 0. The lowest BCUT2D eigenvalue weighted by Gasteiger charge is -2.19. The van der Waals surface area contributed by atoms with Crippen molar-refractivity contribution in [2.45, 2.75) is 26.3 Å². The van der Waals surface area contributed by atoms with Gasteiger partial charge in [0.15, 0.2) is 0 Å². The van der Waals surface area contributed by atoms with Crippen LogP contribution in [0.2, 0.25) is 0 Å². The van der Waals surface area contributed by atoms with Gasteiger partial charge in [-0.2, -0.15) is 0 Å². The van der Waals surface area contributed by atoms with Gasteiger partial charge in [-0.05, 0) is 31.7 Å². The predicted molar refractivity (Wildman–Crippen MR) is 93.0 cm³/mol. The SMILES string of the molecule is Cc1cnc(C)n1C1CCN(C(=O)c2nccc3ccccc23)C1. The van der Waals surface area contributed by atoms with Gasteiger partial charge in [-0.1, -0.05) is 24.3 Å². The van der Waals surface area contributed by atoms with E-state index >= 15 is 0 Å². The Hall–Kier alpha value is -2.69. The number of hydrogen-bond acceptors (Lipinski definition) is 3. The minimum atomic E-state index is 0.0183. The molecule has 3 heterocycles. The molecule has 3 aromatic rings. The fourth-order valence-electron chi connectivity index (χ4n) is 3.70. The quantitative estimate of drug-likeness (QED) is 0.729. The number of benzene rings is 1. The highest BCUT2D eigenvalue weighted by molar-refractivity contribution is 6.05. The summed E-state index contributed by atoms with van der Waals surface area (Å²) in [5.41, 5.74) is 1.70. The van der Waals surface area contributed by atoms with Gasteiger partial charge in [0.2, 0.25) is 0 Å². The molecule has 5 heteroatoms. The molecule has 0 N–H and O–H groups in total. The Balaban J connectivity index is 1.62. The van der Waals surface area contributed by atoms with Crippen LogP contribution < -0.4 is 0 Å². The standard InChI is InChI=1S/C19H20N4O/c1-13-11-21-14(2)23(13)16-8-10-22(12-16)19(24)18-17-6-4-3-5-15(17)7-9-20-18/h3-7,9,11,16H,8,10,12H2,1-2H3. The number of carbonyl (C=O) groups is 1. The lowest BCUT2D eigenvalue weighted by molar-refractivity contribution is 0.0784. The first-order valence-electron chi connectivity index (χ1n) is 8.28. The Morgan fingerprint density at radius 3 is 2.79 bits per heavy atom. The molecule has 4 rings (SSSR count). The van der Waals surface area contributed by atoms with Crippen LogP contribution in [0.15, 0.2) is 42.7 Å². The number of likely N-dealkylation sites (tertiary alicyclic amines) is 1. The topological polar surface area (TPSA) is 51.0 Å². The van der Waals surface area contributed by atoms with Gasteiger partial charge in [-0.25, -0.2) is 4.98 Å². The molecule has 122 valence electrons. The molecule has 1 amide bonds. The molecule has 1 saturated heterocycles. The van der Waals surface area contributed by atoms with Crippen LogP contribution in [0, 0.1) is 13.8 Å². The number of fused-ring (bicyclic) bond motifs is 1. The van der Waals surface area contributed by atoms with Crippen molar-refractivity contribution in [3.05, 3.63) is 59.9 Å². The van der Waals surface area contributed by atoms with E-state index in [0.717, 1.165) is 35.3 Å². The lowest BCUT2D eigenvalue weighted by Crippen LogP contribution is -2.30. The monoisotopic (exact) mass is 320 g/mol. The summed E-state index contributed by atoms with van der Waals surface area (Å²) < 4.78 is 2.24. The molecule has 0 spiro atoms. The van der Waals surface area contributed by atoms with Crippen molar-refractivity contribution >= 4 is 16.7 Å². The fraction of sp³-hybridized carbons (Fsp3) is 0.316. The lowest BCUT2D eigenvalue weighted by atomic mass is 10.1. The maximum Gasteiger partial charge on any atom is 0.273 e. The van der Waals surface area contributed by atoms with Gasteiger partial charge in [0.25, 0.3) is 5.91 Å². The summed E-state index contributed by atoms with van der Waals surface area (Å²) in [6.07, 6.45) is 4.56. The van der Waals surface area contributed by atoms with Crippen molar-refractivity contribution < 1.29 is 4.79 Å². The molecule has 5 nitrogen and oxygen atoms in total. The van der Waals surface area contributed by atoms with Crippen LogP contribution in [0.25, 0.3) is 10.8 Å². The predicted octanol–water partition coefficient (Wildman–Crippen LogP) is 3.14. The number of amides is 1. The molecule has 1 fully saturated rings. The van der Waals surface area contributed by atoms with Crippen molar-refractivity contribution in [3.63, 3.8) is 0 Å². The van der Waals surface area contributed by atoms with E-state index in [1.807, 2.05) is 48.4 Å². The van der Waals surface area contributed by atoms with Crippen LogP contribution in [0.4, 0.5) is 0 Å². The third-order valence-corrected chi connectivity index (χ3v) is 4.86. The molecule has 1 unspecified atom stereocenters. The molecule has 0 saturated carbocycles. The molecule has 1 atom stereocenters. The highest BCUT2D eigenvalue weighted by Crippen LogP contribution is 2.27. The van der Waals surface area contributed by atoms with Crippen molar-refractivity contribution in [2.24, 2.45) is 0 Å². The van der Waals surface area contributed by atoms with Crippen molar-refractivity contribution in [2.75, 3.05) is 13.1 Å².